The Morgan fingerprint density at radius 3 is 2.44 bits per heavy atom. The maximum Gasteiger partial charge on any atom is 0.231 e. The Morgan fingerprint density at radius 1 is 1.11 bits per heavy atom. The summed E-state index contributed by atoms with van der Waals surface area (Å²) in [4.78, 5) is 4.86. The number of ether oxygens (including phenoxy) is 2. The van der Waals surface area contributed by atoms with Crippen LogP contribution in [0.15, 0.2) is 53.7 Å². The lowest BCUT2D eigenvalue weighted by molar-refractivity contribution is 0.174. The maximum absolute atomic E-state index is 11.7. The van der Waals surface area contributed by atoms with Crippen molar-refractivity contribution >= 4 is 9.84 Å². The normalized spacial score (nSPS) is 14.3. The van der Waals surface area contributed by atoms with Crippen molar-refractivity contribution in [1.82, 2.24) is 9.55 Å². The third kappa shape index (κ3) is 3.19. The van der Waals surface area contributed by atoms with Gasteiger partial charge in [-0.15, -0.1) is 0 Å². The van der Waals surface area contributed by atoms with E-state index in [0.29, 0.717) is 4.90 Å². The number of rotatable bonds is 4. The van der Waals surface area contributed by atoms with Gasteiger partial charge in [0.05, 0.1) is 10.9 Å². The molecule has 0 unspecified atom stereocenters. The molecule has 140 valence electrons. The topological polar surface area (TPSA) is 70.4 Å². The van der Waals surface area contributed by atoms with E-state index in [1.54, 1.807) is 18.3 Å². The molecule has 2 heterocycles. The fraction of sp³-hybridized carbons (Fsp3) is 0.250. The van der Waals surface area contributed by atoms with Crippen LogP contribution in [-0.2, 0) is 9.84 Å². The van der Waals surface area contributed by atoms with Crippen LogP contribution in [0.4, 0.5) is 0 Å². The minimum absolute atomic E-state index is 0.0130. The smallest absolute Gasteiger partial charge is 0.231 e. The summed E-state index contributed by atoms with van der Waals surface area (Å²) in [5.41, 5.74) is 3.02. The number of hydrogen-bond acceptors (Lipinski definition) is 5. The Morgan fingerprint density at radius 2 is 1.78 bits per heavy atom. The molecule has 0 N–H and O–H groups in total. The highest BCUT2D eigenvalue weighted by molar-refractivity contribution is 7.90. The van der Waals surface area contributed by atoms with Crippen LogP contribution in [0.2, 0.25) is 0 Å². The van der Waals surface area contributed by atoms with E-state index >= 15 is 0 Å². The summed E-state index contributed by atoms with van der Waals surface area (Å²) in [5.74, 6) is 2.29. The standard InChI is InChI=1S/C20H20N2O4S/c1-13-10-18-19(26-12-25-18)11-17(13)20-21-8-9-22(20)14(2)15-4-6-16(7-5-15)27(3,23)24/h4-11,14H,12H2,1-3H3/t14-/m1/s1. The molecule has 1 atom stereocenters. The third-order valence-electron chi connectivity index (χ3n) is 4.84. The van der Waals surface area contributed by atoms with Crippen LogP contribution in [0, 0.1) is 6.92 Å². The van der Waals surface area contributed by atoms with Crippen molar-refractivity contribution in [1.29, 1.82) is 0 Å². The Balaban J connectivity index is 1.72. The highest BCUT2D eigenvalue weighted by atomic mass is 32.2. The van der Waals surface area contributed by atoms with Gasteiger partial charge in [0.15, 0.2) is 21.3 Å². The molecule has 0 saturated heterocycles. The molecule has 0 spiro atoms. The zero-order valence-corrected chi connectivity index (χ0v) is 16.2. The highest BCUT2D eigenvalue weighted by Crippen LogP contribution is 2.38. The number of aromatic nitrogens is 2. The van der Waals surface area contributed by atoms with Crippen LogP contribution in [0.5, 0.6) is 11.5 Å². The van der Waals surface area contributed by atoms with Crippen LogP contribution in [0.3, 0.4) is 0 Å². The largest absolute Gasteiger partial charge is 0.454 e. The molecule has 2 aromatic carbocycles. The second-order valence-electron chi connectivity index (χ2n) is 6.70. The molecule has 4 rings (SSSR count). The third-order valence-corrected chi connectivity index (χ3v) is 5.97. The number of nitrogens with zero attached hydrogens (tertiary/aromatic N) is 2. The molecule has 7 heteroatoms. The first-order valence-corrected chi connectivity index (χ1v) is 10.5. The van der Waals surface area contributed by atoms with E-state index in [2.05, 4.69) is 16.5 Å². The van der Waals surface area contributed by atoms with Crippen molar-refractivity contribution in [2.24, 2.45) is 0 Å². The lowest BCUT2D eigenvalue weighted by Gasteiger charge is -2.18. The molecular formula is C20H20N2O4S. The number of benzene rings is 2. The zero-order valence-electron chi connectivity index (χ0n) is 15.3. The van der Waals surface area contributed by atoms with E-state index < -0.39 is 9.84 Å². The van der Waals surface area contributed by atoms with Gasteiger partial charge in [0, 0.05) is 24.2 Å². The lowest BCUT2D eigenvalue weighted by atomic mass is 10.0. The molecule has 0 radical (unpaired) electrons. The monoisotopic (exact) mass is 384 g/mol. The van der Waals surface area contributed by atoms with Crippen LogP contribution in [-0.4, -0.2) is 31.0 Å². The average molecular weight is 384 g/mol. The molecule has 3 aromatic rings. The summed E-state index contributed by atoms with van der Waals surface area (Å²) < 4.78 is 36.4. The van der Waals surface area contributed by atoms with Crippen molar-refractivity contribution in [3.05, 3.63) is 59.9 Å². The Bertz CT molecular complexity index is 1100. The second kappa shape index (κ2) is 6.42. The van der Waals surface area contributed by atoms with Gasteiger partial charge in [-0.2, -0.15) is 0 Å². The van der Waals surface area contributed by atoms with E-state index in [0.717, 1.165) is 34.0 Å². The lowest BCUT2D eigenvalue weighted by Crippen LogP contribution is -2.08. The zero-order chi connectivity index (χ0) is 19.2. The summed E-state index contributed by atoms with van der Waals surface area (Å²) in [6.07, 6.45) is 4.90. The Hall–Kier alpha value is -2.80. The van der Waals surface area contributed by atoms with E-state index in [9.17, 15) is 8.42 Å². The van der Waals surface area contributed by atoms with Gasteiger partial charge in [-0.3, -0.25) is 0 Å². The number of fused-ring (bicyclic) bond motifs is 1. The molecular weight excluding hydrogens is 364 g/mol. The number of aryl methyl sites for hydroxylation is 1. The molecule has 0 amide bonds. The van der Waals surface area contributed by atoms with E-state index in [-0.39, 0.29) is 12.8 Å². The molecule has 0 bridgehead atoms. The van der Waals surface area contributed by atoms with E-state index in [1.807, 2.05) is 37.4 Å². The van der Waals surface area contributed by atoms with Crippen LogP contribution >= 0.6 is 0 Å². The predicted octanol–water partition coefficient (Wildman–Crippen LogP) is 3.60. The van der Waals surface area contributed by atoms with E-state index in [1.165, 1.54) is 6.26 Å². The van der Waals surface area contributed by atoms with Crippen LogP contribution < -0.4 is 9.47 Å². The SMILES string of the molecule is Cc1cc2c(cc1-c1nccn1[C@H](C)c1ccc(S(C)(=O)=O)cc1)OCO2. The van der Waals surface area contributed by atoms with Gasteiger partial charge < -0.3 is 14.0 Å². The summed E-state index contributed by atoms with van der Waals surface area (Å²) in [6.45, 7) is 4.31. The fourth-order valence-corrected chi connectivity index (χ4v) is 3.90. The van der Waals surface area contributed by atoms with Gasteiger partial charge in [-0.1, -0.05) is 12.1 Å². The van der Waals surface area contributed by atoms with Crippen molar-refractivity contribution in [2.45, 2.75) is 24.8 Å². The minimum atomic E-state index is -3.21. The van der Waals surface area contributed by atoms with Crippen molar-refractivity contribution < 1.29 is 17.9 Å². The van der Waals surface area contributed by atoms with Gasteiger partial charge in [-0.05, 0) is 49.2 Å². The van der Waals surface area contributed by atoms with Crippen molar-refractivity contribution in [3.63, 3.8) is 0 Å². The molecule has 0 fully saturated rings. The minimum Gasteiger partial charge on any atom is -0.454 e. The maximum atomic E-state index is 11.7. The van der Waals surface area contributed by atoms with Gasteiger partial charge >= 0.3 is 0 Å². The first kappa shape index (κ1) is 17.6. The molecule has 1 aromatic heterocycles. The second-order valence-corrected chi connectivity index (χ2v) is 8.71. The van der Waals surface area contributed by atoms with Crippen LogP contribution in [0.25, 0.3) is 11.4 Å². The quantitative estimate of drug-likeness (QED) is 0.687. The molecule has 6 nitrogen and oxygen atoms in total. The van der Waals surface area contributed by atoms with Crippen molar-refractivity contribution in [2.75, 3.05) is 13.0 Å². The van der Waals surface area contributed by atoms with Gasteiger partial charge in [0.25, 0.3) is 0 Å². The first-order chi connectivity index (χ1) is 12.8. The Kier molecular flexibility index (Phi) is 4.19. The molecule has 0 saturated carbocycles. The molecule has 0 aliphatic carbocycles. The van der Waals surface area contributed by atoms with Gasteiger partial charge in [-0.25, -0.2) is 13.4 Å². The summed E-state index contributed by atoms with van der Waals surface area (Å²) in [6, 6.07) is 10.9. The molecule has 27 heavy (non-hydrogen) atoms. The van der Waals surface area contributed by atoms with Crippen molar-refractivity contribution in [3.8, 4) is 22.9 Å². The van der Waals surface area contributed by atoms with Crippen LogP contribution in [0.1, 0.15) is 24.1 Å². The number of hydrogen-bond donors (Lipinski definition) is 0. The first-order valence-electron chi connectivity index (χ1n) is 8.58. The van der Waals surface area contributed by atoms with Gasteiger partial charge in [0.1, 0.15) is 5.82 Å². The molecule has 1 aliphatic rings. The summed E-state index contributed by atoms with van der Waals surface area (Å²) in [5, 5.41) is 0. The Labute approximate surface area is 158 Å². The van der Waals surface area contributed by atoms with Gasteiger partial charge in [0.2, 0.25) is 6.79 Å². The predicted molar refractivity (Wildman–Crippen MR) is 102 cm³/mol. The number of imidazole rings is 1. The highest BCUT2D eigenvalue weighted by Gasteiger charge is 2.20. The average Bonchev–Trinajstić information content (AvgIpc) is 3.28. The summed E-state index contributed by atoms with van der Waals surface area (Å²) in [7, 11) is -3.21. The number of sulfone groups is 1. The summed E-state index contributed by atoms with van der Waals surface area (Å²) >= 11 is 0. The fourth-order valence-electron chi connectivity index (χ4n) is 3.27. The molecule has 1 aliphatic heterocycles. The van der Waals surface area contributed by atoms with E-state index in [4.69, 9.17) is 9.47 Å².